The fourth-order valence-corrected chi connectivity index (χ4v) is 5.71. The highest BCUT2D eigenvalue weighted by Crippen LogP contribution is 2.40. The number of Topliss-reactive ketones (excluding diaryl/α,β-unsaturated/α-hetero) is 1. The van der Waals surface area contributed by atoms with Crippen LogP contribution in [0.1, 0.15) is 32.4 Å². The Balaban J connectivity index is 1.40. The van der Waals surface area contributed by atoms with Crippen LogP contribution < -0.4 is 15.0 Å². The van der Waals surface area contributed by atoms with Crippen LogP contribution in [0.15, 0.2) is 47.6 Å². The van der Waals surface area contributed by atoms with Crippen LogP contribution >= 0.6 is 11.3 Å². The molecule has 0 saturated carbocycles. The SMILES string of the molecule is CC1(C)[C@H](CC(=O)/C(=N\OC(COc2ccc(-n3cc[n+](CCC[N+](C)(C)C)c3)nc2)C(=O)O)c2csc(N)n2)C(=O)N1OS(=O)(=O)[O-]. The summed E-state index contributed by atoms with van der Waals surface area (Å²) < 4.78 is 47.6. The number of carboxylic acid groups (broad SMARTS) is 1. The van der Waals surface area contributed by atoms with E-state index in [1.807, 2.05) is 23.3 Å². The van der Waals surface area contributed by atoms with E-state index in [4.69, 9.17) is 15.3 Å². The maximum absolute atomic E-state index is 13.3. The summed E-state index contributed by atoms with van der Waals surface area (Å²) in [6.45, 7) is 4.16. The van der Waals surface area contributed by atoms with Crippen LogP contribution in [-0.4, -0.2) is 111 Å². The zero-order valence-electron chi connectivity index (χ0n) is 26.9. The number of aryl methyl sites for hydroxylation is 1. The van der Waals surface area contributed by atoms with Crippen LogP contribution in [0.3, 0.4) is 0 Å². The first kappa shape index (κ1) is 36.3. The number of hydrogen-bond acceptors (Lipinski definition) is 14. The highest BCUT2D eigenvalue weighted by molar-refractivity contribution is 7.80. The number of imidazole rings is 1. The molecule has 4 heterocycles. The minimum atomic E-state index is -5.24. The van der Waals surface area contributed by atoms with E-state index in [-0.39, 0.29) is 16.6 Å². The summed E-state index contributed by atoms with van der Waals surface area (Å²) in [7, 11) is 1.19. The maximum atomic E-state index is 13.3. The number of nitrogens with zero attached hydrogens (tertiary/aromatic N) is 7. The summed E-state index contributed by atoms with van der Waals surface area (Å²) in [5, 5.41) is 15.4. The Morgan fingerprint density at radius 3 is 2.58 bits per heavy atom. The van der Waals surface area contributed by atoms with Gasteiger partial charge in [-0.25, -0.2) is 27.7 Å². The molecule has 20 heteroatoms. The highest BCUT2D eigenvalue weighted by atomic mass is 32.3. The van der Waals surface area contributed by atoms with E-state index in [0.717, 1.165) is 35.3 Å². The standard InChI is InChI=1S/C28H36N8O10S2/c1-28(2)19(25(38)35(28)46-48(41,42)43)13-21(37)24(20-16-47-27(29)31-20)32-45-22(26(39)40)15-44-18-7-8-23(30-14-18)34-11-10-33(17-34)9-6-12-36(3,4)5/h7-8,10-11,14,16-17,19,22H,6,9,12-13,15H2,1-5H3,(H2-2,29,31,39,40,41,42,43)/p+1/b32-24-/t19-,22?/m1/s1. The number of nitrogen functional groups attached to an aromatic ring is 1. The third-order valence-corrected chi connectivity index (χ3v) is 8.33. The molecule has 0 radical (unpaired) electrons. The van der Waals surface area contributed by atoms with E-state index in [0.29, 0.717) is 10.9 Å². The van der Waals surface area contributed by atoms with Gasteiger partial charge in [0, 0.05) is 24.3 Å². The number of aliphatic carboxylic acids is 1. The number of ether oxygens (including phenoxy) is 1. The quantitative estimate of drug-likeness (QED) is 0.0362. The average Bonchev–Trinajstić information content (AvgIpc) is 3.64. The third kappa shape index (κ3) is 9.31. The molecule has 1 unspecified atom stereocenters. The first-order valence-corrected chi connectivity index (χ1v) is 16.7. The van der Waals surface area contributed by atoms with Crippen molar-refractivity contribution in [3.8, 4) is 11.6 Å². The number of carboxylic acids is 1. The maximum Gasteiger partial charge on any atom is 0.351 e. The van der Waals surface area contributed by atoms with Gasteiger partial charge in [-0.1, -0.05) is 5.16 Å². The molecule has 4 rings (SSSR count). The summed E-state index contributed by atoms with van der Waals surface area (Å²) >= 11 is 0.979. The van der Waals surface area contributed by atoms with Gasteiger partial charge in [0.1, 0.15) is 30.4 Å². The Hall–Kier alpha value is -4.50. The molecule has 3 N–H and O–H groups in total. The van der Waals surface area contributed by atoms with Crippen molar-refractivity contribution in [3.05, 3.63) is 48.1 Å². The lowest BCUT2D eigenvalue weighted by molar-refractivity contribution is -0.873. The van der Waals surface area contributed by atoms with Crippen molar-refractivity contribution >= 4 is 50.2 Å². The number of thiazole rings is 1. The van der Waals surface area contributed by atoms with Gasteiger partial charge < -0.3 is 29.5 Å². The number of nitrogens with two attached hydrogens (primary N) is 1. The summed E-state index contributed by atoms with van der Waals surface area (Å²) in [5.41, 5.74) is 3.89. The van der Waals surface area contributed by atoms with Gasteiger partial charge >= 0.3 is 5.97 Å². The van der Waals surface area contributed by atoms with Crippen LogP contribution in [0.2, 0.25) is 0 Å². The number of carbonyl (C=O) groups excluding carboxylic acids is 2. The lowest BCUT2D eigenvalue weighted by atomic mass is 9.74. The van der Waals surface area contributed by atoms with Crippen molar-refractivity contribution in [2.75, 3.05) is 40.0 Å². The van der Waals surface area contributed by atoms with Crippen LogP contribution in [0, 0.1) is 5.92 Å². The second-order valence-corrected chi connectivity index (χ2v) is 14.3. The Labute approximate surface area is 280 Å². The lowest BCUT2D eigenvalue weighted by Gasteiger charge is -2.51. The second kappa shape index (κ2) is 14.3. The van der Waals surface area contributed by atoms with Crippen molar-refractivity contribution in [1.82, 2.24) is 19.6 Å². The van der Waals surface area contributed by atoms with Gasteiger partial charge in [-0.2, -0.15) is 13.9 Å². The van der Waals surface area contributed by atoms with E-state index >= 15 is 0 Å². The number of ketones is 1. The first-order valence-electron chi connectivity index (χ1n) is 14.5. The van der Waals surface area contributed by atoms with Gasteiger partial charge in [0.25, 0.3) is 12.0 Å². The second-order valence-electron chi connectivity index (χ2n) is 12.5. The molecule has 2 atom stereocenters. The predicted molar refractivity (Wildman–Crippen MR) is 167 cm³/mol. The van der Waals surface area contributed by atoms with Gasteiger partial charge in [0.2, 0.25) is 22.5 Å². The molecule has 1 saturated heterocycles. The van der Waals surface area contributed by atoms with Crippen molar-refractivity contribution < 1.29 is 55.4 Å². The normalized spacial score (nSPS) is 17.1. The zero-order valence-corrected chi connectivity index (χ0v) is 28.5. The largest absolute Gasteiger partial charge is 0.724 e. The summed E-state index contributed by atoms with van der Waals surface area (Å²) in [4.78, 5) is 51.4. The van der Waals surface area contributed by atoms with E-state index in [2.05, 4.69) is 45.1 Å². The fraction of sp³-hybridized carbons (Fsp3) is 0.464. The number of carbonyl (C=O) groups is 3. The molecule has 0 aromatic carbocycles. The Bertz CT molecular complexity index is 1780. The highest BCUT2D eigenvalue weighted by Gasteiger charge is 2.57. The molecule has 1 fully saturated rings. The molecule has 3 aromatic heterocycles. The molecule has 1 aliphatic heterocycles. The van der Waals surface area contributed by atoms with Gasteiger partial charge in [0.05, 0.1) is 51.9 Å². The van der Waals surface area contributed by atoms with Crippen molar-refractivity contribution in [2.45, 2.75) is 44.9 Å². The number of amides is 1. The summed E-state index contributed by atoms with van der Waals surface area (Å²) in [5.74, 6) is -3.40. The van der Waals surface area contributed by atoms with E-state index in [9.17, 15) is 32.5 Å². The number of rotatable bonds is 17. The fourth-order valence-electron chi connectivity index (χ4n) is 4.72. The van der Waals surface area contributed by atoms with Crippen LogP contribution in [-0.2, 0) is 40.4 Å². The Morgan fingerprint density at radius 2 is 2.02 bits per heavy atom. The molecular formula is C28H37N8O10S2+. The number of quaternary nitrogens is 1. The number of pyridine rings is 1. The molecular weight excluding hydrogens is 672 g/mol. The molecule has 18 nitrogen and oxygen atoms in total. The van der Waals surface area contributed by atoms with Gasteiger partial charge in [0.15, 0.2) is 16.6 Å². The van der Waals surface area contributed by atoms with Crippen molar-refractivity contribution in [1.29, 1.82) is 0 Å². The predicted octanol–water partition coefficient (Wildman–Crippen LogP) is 0.136. The summed E-state index contributed by atoms with van der Waals surface area (Å²) in [6, 6.07) is 3.31. The Morgan fingerprint density at radius 1 is 1.29 bits per heavy atom. The van der Waals surface area contributed by atoms with E-state index in [1.165, 1.54) is 25.4 Å². The molecule has 1 amide bonds. The van der Waals surface area contributed by atoms with E-state index in [1.54, 1.807) is 12.1 Å². The van der Waals surface area contributed by atoms with Gasteiger partial charge in [-0.3, -0.25) is 9.59 Å². The monoisotopic (exact) mass is 709 g/mol. The molecule has 260 valence electrons. The molecule has 0 spiro atoms. The molecule has 1 aliphatic rings. The van der Waals surface area contributed by atoms with Gasteiger partial charge in [-0.05, 0) is 19.9 Å². The van der Waals surface area contributed by atoms with Crippen molar-refractivity contribution in [2.24, 2.45) is 11.1 Å². The number of β-lactam (4-membered cyclic amide) rings is 1. The number of hydrogen-bond donors (Lipinski definition) is 2. The minimum absolute atomic E-state index is 0.0353. The summed E-state index contributed by atoms with van der Waals surface area (Å²) in [6.07, 6.45) is 5.98. The number of hydroxylamine groups is 2. The topological polar surface area (TPSA) is 233 Å². The van der Waals surface area contributed by atoms with Crippen LogP contribution in [0.5, 0.6) is 5.75 Å². The molecule has 3 aromatic rings. The third-order valence-electron chi connectivity index (χ3n) is 7.33. The average molecular weight is 710 g/mol. The lowest BCUT2D eigenvalue weighted by Crippen LogP contribution is -2.68. The van der Waals surface area contributed by atoms with Crippen molar-refractivity contribution in [3.63, 3.8) is 0 Å². The molecule has 48 heavy (non-hydrogen) atoms. The zero-order chi connectivity index (χ0) is 35.4. The van der Waals surface area contributed by atoms with Crippen LogP contribution in [0.25, 0.3) is 5.82 Å². The minimum Gasteiger partial charge on any atom is -0.724 e. The van der Waals surface area contributed by atoms with E-state index < -0.39 is 64.4 Å². The first-order chi connectivity index (χ1) is 22.3. The molecule has 0 aliphatic carbocycles. The number of aromatic nitrogens is 4. The number of oxime groups is 1. The molecule has 0 bridgehead atoms. The number of anilines is 1. The van der Waals surface area contributed by atoms with Crippen LogP contribution in [0.4, 0.5) is 5.13 Å². The van der Waals surface area contributed by atoms with Gasteiger partial charge in [-0.15, -0.1) is 11.3 Å². The Kier molecular flexibility index (Phi) is 10.8. The smallest absolute Gasteiger partial charge is 0.351 e.